The molecule has 2 aliphatic rings. The third-order valence-corrected chi connectivity index (χ3v) is 5.26. The van der Waals surface area contributed by atoms with Crippen molar-refractivity contribution >= 4 is 18.5 Å². The molecule has 0 bridgehead atoms. The van der Waals surface area contributed by atoms with Crippen molar-refractivity contribution in [3.05, 3.63) is 35.9 Å². The summed E-state index contributed by atoms with van der Waals surface area (Å²) in [6.07, 6.45) is 2.92. The van der Waals surface area contributed by atoms with Crippen LogP contribution in [0.4, 0.5) is 0 Å². The summed E-state index contributed by atoms with van der Waals surface area (Å²) in [5.74, 6) is 1.63. The van der Waals surface area contributed by atoms with Crippen LogP contribution in [0.25, 0.3) is 0 Å². The Morgan fingerprint density at radius 2 is 1.86 bits per heavy atom. The molecule has 1 aromatic rings. The van der Waals surface area contributed by atoms with E-state index < -0.39 is 0 Å². The number of carbonyl (C=O) groups is 1. The molecule has 0 N–H and O–H groups in total. The number of amides is 1. The molecule has 114 valence electrons. The molecule has 2 heterocycles. The maximum atomic E-state index is 12.1. The van der Waals surface area contributed by atoms with E-state index in [0.717, 1.165) is 44.8 Å². The zero-order valence-corrected chi connectivity index (χ0v) is 13.3. The topological polar surface area (TPSA) is 23.6 Å². The number of rotatable bonds is 4. The maximum Gasteiger partial charge on any atom is 0.223 e. The number of benzene rings is 1. The first-order valence-electron chi connectivity index (χ1n) is 7.93. The van der Waals surface area contributed by atoms with E-state index in [1.807, 2.05) is 0 Å². The highest BCUT2D eigenvalue weighted by Crippen LogP contribution is 2.26. The predicted octanol–water partition coefficient (Wildman–Crippen LogP) is 2.43. The van der Waals surface area contributed by atoms with E-state index >= 15 is 0 Å². The molecule has 21 heavy (non-hydrogen) atoms. The van der Waals surface area contributed by atoms with Crippen LogP contribution in [-0.4, -0.2) is 47.1 Å². The van der Waals surface area contributed by atoms with Gasteiger partial charge in [0.15, 0.2) is 0 Å². The van der Waals surface area contributed by atoms with Crippen molar-refractivity contribution in [3.8, 4) is 0 Å². The summed E-state index contributed by atoms with van der Waals surface area (Å²) in [5.41, 5.74) is 1.38. The van der Waals surface area contributed by atoms with Gasteiger partial charge in [0.05, 0.1) is 0 Å². The summed E-state index contributed by atoms with van der Waals surface area (Å²) < 4.78 is 0. The van der Waals surface area contributed by atoms with Crippen LogP contribution in [-0.2, 0) is 11.3 Å². The van der Waals surface area contributed by atoms with E-state index in [9.17, 15) is 4.79 Å². The smallest absolute Gasteiger partial charge is 0.223 e. The van der Waals surface area contributed by atoms with Crippen LogP contribution in [0.3, 0.4) is 0 Å². The van der Waals surface area contributed by atoms with Crippen molar-refractivity contribution in [2.75, 3.05) is 25.4 Å². The van der Waals surface area contributed by atoms with Gasteiger partial charge in [-0.2, -0.15) is 12.6 Å². The van der Waals surface area contributed by atoms with Gasteiger partial charge in [-0.15, -0.1) is 0 Å². The molecule has 0 aliphatic carbocycles. The van der Waals surface area contributed by atoms with E-state index in [0.29, 0.717) is 24.3 Å². The van der Waals surface area contributed by atoms with Gasteiger partial charge in [0, 0.05) is 38.6 Å². The summed E-state index contributed by atoms with van der Waals surface area (Å²) >= 11 is 4.34. The van der Waals surface area contributed by atoms with Gasteiger partial charge in [-0.3, -0.25) is 9.69 Å². The fourth-order valence-corrected chi connectivity index (χ4v) is 3.76. The number of thiol groups is 1. The van der Waals surface area contributed by atoms with Crippen molar-refractivity contribution in [1.82, 2.24) is 9.80 Å². The second-order valence-electron chi connectivity index (χ2n) is 6.29. The second-order valence-corrected chi connectivity index (χ2v) is 6.66. The van der Waals surface area contributed by atoms with Gasteiger partial charge in [0.1, 0.15) is 0 Å². The van der Waals surface area contributed by atoms with Gasteiger partial charge in [0.25, 0.3) is 0 Å². The van der Waals surface area contributed by atoms with Gasteiger partial charge in [-0.05, 0) is 30.1 Å². The molecule has 0 aromatic heterocycles. The lowest BCUT2D eigenvalue weighted by Gasteiger charge is -2.37. The van der Waals surface area contributed by atoms with Crippen molar-refractivity contribution in [2.45, 2.75) is 31.8 Å². The molecule has 4 heteroatoms. The Morgan fingerprint density at radius 3 is 2.48 bits per heavy atom. The molecule has 2 saturated heterocycles. The Bertz CT molecular complexity index is 471. The molecule has 2 aliphatic heterocycles. The summed E-state index contributed by atoms with van der Waals surface area (Å²) in [4.78, 5) is 16.7. The number of nitrogens with zero attached hydrogens (tertiary/aromatic N) is 2. The second kappa shape index (κ2) is 6.84. The van der Waals surface area contributed by atoms with Crippen LogP contribution in [0, 0.1) is 5.92 Å². The molecule has 3 rings (SSSR count). The fraction of sp³-hybridized carbons (Fsp3) is 0.588. The lowest BCUT2D eigenvalue weighted by atomic mass is 10.0. The maximum absolute atomic E-state index is 12.1. The summed E-state index contributed by atoms with van der Waals surface area (Å²) in [5, 5.41) is 0. The van der Waals surface area contributed by atoms with Crippen molar-refractivity contribution in [1.29, 1.82) is 0 Å². The highest BCUT2D eigenvalue weighted by atomic mass is 32.1. The first kappa shape index (κ1) is 14.9. The Hall–Kier alpha value is -1.00. The average molecular weight is 304 g/mol. The largest absolute Gasteiger partial charge is 0.339 e. The van der Waals surface area contributed by atoms with E-state index in [4.69, 9.17) is 0 Å². The van der Waals surface area contributed by atoms with E-state index in [1.165, 1.54) is 5.56 Å². The number of likely N-dealkylation sites (tertiary alicyclic amines) is 2. The highest BCUT2D eigenvalue weighted by molar-refractivity contribution is 7.80. The molecule has 3 nitrogen and oxygen atoms in total. The minimum atomic E-state index is 0.343. The molecule has 0 saturated carbocycles. The van der Waals surface area contributed by atoms with Gasteiger partial charge < -0.3 is 4.90 Å². The Labute approximate surface area is 132 Å². The summed E-state index contributed by atoms with van der Waals surface area (Å²) in [6, 6.07) is 11.1. The monoisotopic (exact) mass is 304 g/mol. The molecule has 2 fully saturated rings. The van der Waals surface area contributed by atoms with Gasteiger partial charge in [-0.1, -0.05) is 30.3 Å². The standard InChI is InChI=1S/C17H24N2OS/c20-17-10-15(13-21)12-19(17)16-6-8-18(9-7-16)11-14-4-2-1-3-5-14/h1-5,15-16,21H,6-13H2. The Morgan fingerprint density at radius 1 is 1.14 bits per heavy atom. The molecule has 1 atom stereocenters. The van der Waals surface area contributed by atoms with E-state index in [1.54, 1.807) is 0 Å². The van der Waals surface area contributed by atoms with Crippen LogP contribution in [0.5, 0.6) is 0 Å². The zero-order valence-electron chi connectivity index (χ0n) is 12.4. The number of piperidine rings is 1. The quantitative estimate of drug-likeness (QED) is 0.864. The Kier molecular flexibility index (Phi) is 4.86. The third kappa shape index (κ3) is 3.61. The predicted molar refractivity (Wildman–Crippen MR) is 88.4 cm³/mol. The first-order valence-corrected chi connectivity index (χ1v) is 8.56. The zero-order chi connectivity index (χ0) is 14.7. The minimum absolute atomic E-state index is 0.343. The van der Waals surface area contributed by atoms with Gasteiger partial charge >= 0.3 is 0 Å². The average Bonchev–Trinajstić information content (AvgIpc) is 2.90. The highest BCUT2D eigenvalue weighted by Gasteiger charge is 2.35. The molecule has 1 amide bonds. The number of carbonyl (C=O) groups excluding carboxylic acids is 1. The van der Waals surface area contributed by atoms with Gasteiger partial charge in [0.2, 0.25) is 5.91 Å². The van der Waals surface area contributed by atoms with Crippen molar-refractivity contribution in [2.24, 2.45) is 5.92 Å². The lowest BCUT2D eigenvalue weighted by molar-refractivity contribution is -0.130. The van der Waals surface area contributed by atoms with Crippen LogP contribution in [0.1, 0.15) is 24.8 Å². The van der Waals surface area contributed by atoms with Crippen molar-refractivity contribution in [3.63, 3.8) is 0 Å². The molecule has 1 aromatic carbocycles. The van der Waals surface area contributed by atoms with Crippen LogP contribution in [0.15, 0.2) is 30.3 Å². The third-order valence-electron chi connectivity index (χ3n) is 4.74. The molecule has 0 spiro atoms. The lowest BCUT2D eigenvalue weighted by Crippen LogP contribution is -2.45. The number of hydrogen-bond donors (Lipinski definition) is 1. The normalized spacial score (nSPS) is 24.7. The van der Waals surface area contributed by atoms with Crippen LogP contribution >= 0.6 is 12.6 Å². The molecular formula is C17H24N2OS. The van der Waals surface area contributed by atoms with Crippen LogP contribution < -0.4 is 0 Å². The van der Waals surface area contributed by atoms with E-state index in [2.05, 4.69) is 52.8 Å². The minimum Gasteiger partial charge on any atom is -0.339 e. The summed E-state index contributed by atoms with van der Waals surface area (Å²) in [6.45, 7) is 4.14. The first-order chi connectivity index (χ1) is 10.3. The van der Waals surface area contributed by atoms with Gasteiger partial charge in [-0.25, -0.2) is 0 Å². The van der Waals surface area contributed by atoms with Crippen molar-refractivity contribution < 1.29 is 4.79 Å². The molecule has 0 radical (unpaired) electrons. The Balaban J connectivity index is 1.50. The molecule has 1 unspecified atom stereocenters. The van der Waals surface area contributed by atoms with Crippen LogP contribution in [0.2, 0.25) is 0 Å². The number of hydrogen-bond acceptors (Lipinski definition) is 3. The molecular weight excluding hydrogens is 280 g/mol. The fourth-order valence-electron chi connectivity index (χ4n) is 3.51. The SMILES string of the molecule is O=C1CC(CS)CN1C1CCN(Cc2ccccc2)CC1. The summed E-state index contributed by atoms with van der Waals surface area (Å²) in [7, 11) is 0. The van der Waals surface area contributed by atoms with E-state index in [-0.39, 0.29) is 0 Å².